The summed E-state index contributed by atoms with van der Waals surface area (Å²) in [5, 5.41) is 12.4. The van der Waals surface area contributed by atoms with Crippen LogP contribution in [0.4, 0.5) is 4.79 Å². The fraction of sp³-hybridized carbons (Fsp3) is 0.600. The van der Waals surface area contributed by atoms with Gasteiger partial charge in [0.2, 0.25) is 11.8 Å². The summed E-state index contributed by atoms with van der Waals surface area (Å²) in [6.07, 6.45) is 5.56. The number of aryl methyl sites for hydroxylation is 2. The van der Waals surface area contributed by atoms with E-state index in [2.05, 4.69) is 30.7 Å². The number of nitrogens with one attached hydrogen (secondary N) is 4. The Morgan fingerprint density at radius 1 is 1.10 bits per heavy atom. The largest absolute Gasteiger partial charge is 0.423 e. The van der Waals surface area contributed by atoms with Crippen LogP contribution in [0, 0.1) is 0 Å². The van der Waals surface area contributed by atoms with Gasteiger partial charge in [-0.15, -0.1) is 0 Å². The normalized spacial score (nSPS) is 19.7. The number of fused-ring (bicyclic) bond motifs is 2. The number of hydrogen-bond donors (Lipinski definition) is 4. The maximum atomic E-state index is 12.2. The second-order valence-corrected chi connectivity index (χ2v) is 13.6. The number of thioether (sulfide) groups is 1. The molecule has 218 valence electrons. The van der Waals surface area contributed by atoms with Gasteiger partial charge in [-0.3, -0.25) is 14.2 Å². The first-order chi connectivity index (χ1) is 19.3. The minimum Gasteiger partial charge on any atom is -0.372 e. The van der Waals surface area contributed by atoms with Crippen LogP contribution in [-0.4, -0.2) is 75.1 Å². The standard InChI is InChI=1S/C25H34N6O6S3/c1-31-22-16(23(34)37-25(31)36)12-15(13-28-22)6-7-20(33)27-9-11-40-39-10-8-26-19(32)5-3-2-4-18-21-17(14-38-18)29-24(35)30-21/h12-13,17-18,21H,2-11,14H2,1H3,(H,26,32)(H,27,33)(H2,29,30,35). The second-order valence-electron chi connectivity index (χ2n) is 9.64. The molecule has 15 heteroatoms. The van der Waals surface area contributed by atoms with Gasteiger partial charge in [-0.1, -0.05) is 28.0 Å². The summed E-state index contributed by atoms with van der Waals surface area (Å²) in [5.74, 6) is 1.69. The number of hydrogen-bond acceptors (Lipinski definition) is 10. The molecular weight excluding hydrogens is 577 g/mol. The number of unbranched alkanes of at least 4 members (excludes halogenated alkanes) is 1. The Morgan fingerprint density at radius 3 is 2.58 bits per heavy atom. The van der Waals surface area contributed by atoms with Crippen LogP contribution < -0.4 is 32.6 Å². The van der Waals surface area contributed by atoms with Gasteiger partial charge < -0.3 is 25.7 Å². The highest BCUT2D eigenvalue weighted by molar-refractivity contribution is 8.76. The Hall–Kier alpha value is -2.65. The van der Waals surface area contributed by atoms with Gasteiger partial charge in [0.05, 0.1) is 12.1 Å². The molecule has 0 aromatic carbocycles. The molecular formula is C25H34N6O6S3. The highest BCUT2D eigenvalue weighted by Gasteiger charge is 2.42. The van der Waals surface area contributed by atoms with E-state index >= 15 is 0 Å². The maximum absolute atomic E-state index is 12.2. The van der Waals surface area contributed by atoms with Gasteiger partial charge in [-0.05, 0) is 30.9 Å². The average Bonchev–Trinajstić information content (AvgIpc) is 3.49. The third-order valence-electron chi connectivity index (χ3n) is 6.73. The summed E-state index contributed by atoms with van der Waals surface area (Å²) in [5.41, 5.74) is 0.219. The van der Waals surface area contributed by atoms with Gasteiger partial charge in [-0.2, -0.15) is 11.8 Å². The SMILES string of the molecule is Cn1c(=O)oc(=O)c2cc(CCC(=O)NCCSSCCNC(=O)CCCCC3SCC4NC(=O)NC43)cnc21. The number of aromatic nitrogens is 2. The highest BCUT2D eigenvalue weighted by atomic mass is 33.1. The first-order valence-electron chi connectivity index (χ1n) is 13.3. The van der Waals surface area contributed by atoms with Gasteiger partial charge in [0, 0.05) is 61.7 Å². The lowest BCUT2D eigenvalue weighted by Gasteiger charge is -2.16. The molecule has 2 saturated heterocycles. The lowest BCUT2D eigenvalue weighted by molar-refractivity contribution is -0.121. The molecule has 3 atom stereocenters. The van der Waals surface area contributed by atoms with Crippen molar-refractivity contribution in [1.82, 2.24) is 30.8 Å². The lowest BCUT2D eigenvalue weighted by atomic mass is 10.0. The van der Waals surface area contributed by atoms with Crippen molar-refractivity contribution >= 4 is 62.2 Å². The molecule has 4 amide bonds. The van der Waals surface area contributed by atoms with E-state index in [0.29, 0.717) is 36.7 Å². The minimum atomic E-state index is -0.766. The number of nitrogens with zero attached hydrogens (tertiary/aromatic N) is 2. The second kappa shape index (κ2) is 14.8. The Labute approximate surface area is 243 Å². The van der Waals surface area contributed by atoms with Gasteiger partial charge in [-0.25, -0.2) is 19.4 Å². The van der Waals surface area contributed by atoms with Crippen LogP contribution in [0.15, 0.2) is 26.3 Å². The molecule has 0 aliphatic carbocycles. The smallest absolute Gasteiger partial charge is 0.372 e. The Morgan fingerprint density at radius 2 is 1.82 bits per heavy atom. The molecule has 2 aromatic heterocycles. The number of rotatable bonds is 15. The third kappa shape index (κ3) is 8.43. The van der Waals surface area contributed by atoms with E-state index in [9.17, 15) is 24.0 Å². The molecule has 12 nitrogen and oxygen atoms in total. The molecule has 40 heavy (non-hydrogen) atoms. The van der Waals surface area contributed by atoms with Gasteiger partial charge in [0.25, 0.3) is 0 Å². The zero-order valence-electron chi connectivity index (χ0n) is 22.2. The van der Waals surface area contributed by atoms with Gasteiger partial charge in [0.1, 0.15) is 5.39 Å². The lowest BCUT2D eigenvalue weighted by Crippen LogP contribution is -2.36. The van der Waals surface area contributed by atoms with E-state index in [1.807, 2.05) is 11.8 Å². The predicted molar refractivity (Wildman–Crippen MR) is 159 cm³/mol. The van der Waals surface area contributed by atoms with Crippen molar-refractivity contribution in [2.45, 2.75) is 55.9 Å². The summed E-state index contributed by atoms with van der Waals surface area (Å²) in [6, 6.07) is 1.99. The van der Waals surface area contributed by atoms with Gasteiger partial charge in [0.15, 0.2) is 5.65 Å². The monoisotopic (exact) mass is 610 g/mol. The van der Waals surface area contributed by atoms with Crippen LogP contribution in [0.25, 0.3) is 11.0 Å². The highest BCUT2D eigenvalue weighted by Crippen LogP contribution is 2.33. The fourth-order valence-corrected chi connectivity index (χ4v) is 7.99. The summed E-state index contributed by atoms with van der Waals surface area (Å²) in [6.45, 7) is 1.14. The molecule has 4 heterocycles. The van der Waals surface area contributed by atoms with Crippen molar-refractivity contribution < 1.29 is 18.8 Å². The maximum Gasteiger partial charge on any atom is 0.423 e. The third-order valence-corrected chi connectivity index (χ3v) is 10.7. The zero-order valence-corrected chi connectivity index (χ0v) is 24.7. The van der Waals surface area contributed by atoms with E-state index < -0.39 is 11.4 Å². The minimum absolute atomic E-state index is 0.0668. The molecule has 0 saturated carbocycles. The van der Waals surface area contributed by atoms with E-state index in [1.54, 1.807) is 33.9 Å². The molecule has 4 rings (SSSR count). The van der Waals surface area contributed by atoms with Crippen LogP contribution in [0.2, 0.25) is 0 Å². The molecule has 2 aliphatic heterocycles. The van der Waals surface area contributed by atoms with Crippen LogP contribution >= 0.6 is 33.3 Å². The molecule has 2 aliphatic rings. The van der Waals surface area contributed by atoms with Crippen LogP contribution in [0.1, 0.15) is 37.7 Å². The average molecular weight is 611 g/mol. The summed E-state index contributed by atoms with van der Waals surface area (Å²) >= 11 is 1.89. The van der Waals surface area contributed by atoms with Crippen molar-refractivity contribution in [3.63, 3.8) is 0 Å². The summed E-state index contributed by atoms with van der Waals surface area (Å²) in [7, 11) is 4.77. The van der Waals surface area contributed by atoms with Gasteiger partial charge >= 0.3 is 17.4 Å². The van der Waals surface area contributed by atoms with Crippen LogP contribution in [0.5, 0.6) is 0 Å². The Balaban J connectivity index is 0.983. The number of carbonyl (C=O) groups excluding carboxylic acids is 3. The van der Waals surface area contributed by atoms with Crippen molar-refractivity contribution in [2.24, 2.45) is 7.05 Å². The van der Waals surface area contributed by atoms with Crippen molar-refractivity contribution in [2.75, 3.05) is 30.3 Å². The molecule has 0 bridgehead atoms. The topological polar surface area (TPSA) is 164 Å². The molecule has 2 aromatic rings. The number of amides is 4. The predicted octanol–water partition coefficient (Wildman–Crippen LogP) is 1.16. The van der Waals surface area contributed by atoms with E-state index in [-0.39, 0.29) is 47.4 Å². The van der Waals surface area contributed by atoms with E-state index in [4.69, 9.17) is 0 Å². The molecule has 3 unspecified atom stereocenters. The van der Waals surface area contributed by atoms with Crippen LogP contribution in [0.3, 0.4) is 0 Å². The summed E-state index contributed by atoms with van der Waals surface area (Å²) in [4.78, 5) is 63.3. The molecule has 2 fully saturated rings. The van der Waals surface area contributed by atoms with Crippen LogP contribution in [-0.2, 0) is 23.1 Å². The zero-order chi connectivity index (χ0) is 28.5. The Bertz CT molecular complexity index is 1330. The van der Waals surface area contributed by atoms with Crippen molar-refractivity contribution in [3.05, 3.63) is 38.8 Å². The van der Waals surface area contributed by atoms with E-state index in [1.165, 1.54) is 11.6 Å². The number of urea groups is 1. The quantitative estimate of drug-likeness (QED) is 0.131. The first kappa shape index (κ1) is 30.3. The fourth-order valence-electron chi connectivity index (χ4n) is 4.64. The summed E-state index contributed by atoms with van der Waals surface area (Å²) < 4.78 is 5.83. The number of carbonyl (C=O) groups is 3. The van der Waals surface area contributed by atoms with Crippen molar-refractivity contribution in [3.8, 4) is 0 Å². The number of pyridine rings is 1. The molecule has 0 radical (unpaired) electrons. The Kier molecular flexibility index (Phi) is 11.2. The van der Waals surface area contributed by atoms with Crippen molar-refractivity contribution in [1.29, 1.82) is 0 Å². The van der Waals surface area contributed by atoms with E-state index in [0.717, 1.165) is 36.5 Å². The molecule has 4 N–H and O–H groups in total. The first-order valence-corrected chi connectivity index (χ1v) is 16.8. The molecule has 0 spiro atoms.